The molecule has 2 aliphatic rings. The third kappa shape index (κ3) is 2.82. The molecule has 164 valence electrons. The minimum absolute atomic E-state index is 0.0236. The number of carbonyl (C=O) groups excluding carboxylic acids is 2. The molecule has 0 saturated carbocycles. The second kappa shape index (κ2) is 7.35. The van der Waals surface area contributed by atoms with E-state index in [1.807, 2.05) is 42.5 Å². The summed E-state index contributed by atoms with van der Waals surface area (Å²) in [5.41, 5.74) is 4.79. The Morgan fingerprint density at radius 3 is 2.21 bits per heavy atom. The van der Waals surface area contributed by atoms with Crippen molar-refractivity contribution in [3.05, 3.63) is 117 Å². The van der Waals surface area contributed by atoms with Gasteiger partial charge in [0.1, 0.15) is 0 Å². The Bertz CT molecular complexity index is 1530. The van der Waals surface area contributed by atoms with Crippen LogP contribution in [0.3, 0.4) is 0 Å². The maximum absolute atomic E-state index is 13.5. The zero-order chi connectivity index (χ0) is 23.4. The molecule has 1 aliphatic heterocycles. The van der Waals surface area contributed by atoms with Gasteiger partial charge in [-0.25, -0.2) is 0 Å². The first-order valence-electron chi connectivity index (χ1n) is 10.6. The molecule has 0 spiro atoms. The van der Waals surface area contributed by atoms with Crippen molar-refractivity contribution < 1.29 is 14.5 Å². The van der Waals surface area contributed by atoms with Crippen molar-refractivity contribution in [2.75, 3.05) is 5.32 Å². The number of aromatic nitrogens is 2. The summed E-state index contributed by atoms with van der Waals surface area (Å²) in [6.07, 6.45) is 0. The van der Waals surface area contributed by atoms with E-state index in [1.54, 1.807) is 24.3 Å². The Morgan fingerprint density at radius 1 is 0.824 bits per heavy atom. The minimum Gasteiger partial charge on any atom is -0.338 e. The normalized spacial score (nSPS) is 16.4. The van der Waals surface area contributed by atoms with E-state index in [2.05, 4.69) is 15.5 Å². The van der Waals surface area contributed by atoms with Gasteiger partial charge >= 0.3 is 0 Å². The van der Waals surface area contributed by atoms with Gasteiger partial charge in [0.2, 0.25) is 11.6 Å². The second-order valence-corrected chi connectivity index (χ2v) is 8.13. The van der Waals surface area contributed by atoms with Crippen molar-refractivity contribution in [1.29, 1.82) is 0 Å². The number of nitrogens with one attached hydrogen (secondary N) is 2. The lowest BCUT2D eigenvalue weighted by Gasteiger charge is -2.32. The molecule has 4 aromatic rings. The van der Waals surface area contributed by atoms with Gasteiger partial charge in [0.05, 0.1) is 16.3 Å². The lowest BCUT2D eigenvalue weighted by Crippen LogP contribution is -2.32. The lowest BCUT2D eigenvalue weighted by molar-refractivity contribution is -0.384. The van der Waals surface area contributed by atoms with E-state index in [9.17, 15) is 19.7 Å². The summed E-state index contributed by atoms with van der Waals surface area (Å²) < 4.78 is 0. The SMILES string of the molecule is O=C1C(=O)c2ccccc2C2=C1C(c1ccccc1)c1c(n[nH]c1-c1ccc([N+](=O)[O-])cc1)N2. The number of non-ortho nitro benzene ring substituents is 1. The molecule has 0 bridgehead atoms. The molecular weight excluding hydrogens is 432 g/mol. The predicted molar refractivity (Wildman–Crippen MR) is 125 cm³/mol. The van der Waals surface area contributed by atoms with Crippen molar-refractivity contribution >= 4 is 28.8 Å². The number of rotatable bonds is 3. The van der Waals surface area contributed by atoms with Gasteiger partial charge in [-0.05, 0) is 17.7 Å². The summed E-state index contributed by atoms with van der Waals surface area (Å²) in [7, 11) is 0. The van der Waals surface area contributed by atoms with Crippen LogP contribution in [0, 0.1) is 10.1 Å². The number of benzene rings is 3. The first kappa shape index (κ1) is 19.8. The Hall–Kier alpha value is -4.85. The summed E-state index contributed by atoms with van der Waals surface area (Å²) in [5.74, 6) is -1.11. The van der Waals surface area contributed by atoms with E-state index >= 15 is 0 Å². The third-order valence-electron chi connectivity index (χ3n) is 6.29. The number of carbonyl (C=O) groups is 2. The van der Waals surface area contributed by atoms with E-state index in [1.165, 1.54) is 12.1 Å². The highest BCUT2D eigenvalue weighted by Gasteiger charge is 2.43. The standard InChI is InChI=1S/C26H16N4O4/c31-24-18-9-5-4-8-17(18)23-20(25(24)32)19(14-6-2-1-3-7-14)21-22(28-29-26(21)27-23)15-10-12-16(13-11-15)30(33)34/h1-13,19H,(H2,27,28,29). The molecule has 0 saturated heterocycles. The van der Waals surface area contributed by atoms with Crippen molar-refractivity contribution in [1.82, 2.24) is 10.2 Å². The molecule has 0 fully saturated rings. The van der Waals surface area contributed by atoms with E-state index in [4.69, 9.17) is 0 Å². The Morgan fingerprint density at radius 2 is 1.50 bits per heavy atom. The van der Waals surface area contributed by atoms with Gasteiger partial charge in [-0.2, -0.15) is 5.10 Å². The average Bonchev–Trinajstić information content (AvgIpc) is 3.30. The van der Waals surface area contributed by atoms with Crippen LogP contribution in [0.5, 0.6) is 0 Å². The summed E-state index contributed by atoms with van der Waals surface area (Å²) in [4.78, 5) is 37.1. The van der Waals surface area contributed by atoms with Gasteiger partial charge in [-0.1, -0.05) is 54.6 Å². The molecule has 1 unspecified atom stereocenters. The number of nitro benzene ring substituents is 1. The molecule has 1 aliphatic carbocycles. The molecule has 0 amide bonds. The Balaban J connectivity index is 1.60. The molecule has 3 aromatic carbocycles. The molecule has 2 heterocycles. The lowest BCUT2D eigenvalue weighted by atomic mass is 9.73. The van der Waals surface area contributed by atoms with Gasteiger partial charge in [0.15, 0.2) is 5.82 Å². The van der Waals surface area contributed by atoms with Crippen LogP contribution in [0.25, 0.3) is 17.0 Å². The summed E-state index contributed by atoms with van der Waals surface area (Å²) in [6.45, 7) is 0. The zero-order valence-electron chi connectivity index (χ0n) is 17.6. The summed E-state index contributed by atoms with van der Waals surface area (Å²) >= 11 is 0. The maximum atomic E-state index is 13.5. The fourth-order valence-corrected chi connectivity index (χ4v) is 4.75. The number of nitro groups is 1. The number of Topliss-reactive ketones (excluding diaryl/α,β-unsaturated/α-hetero) is 2. The smallest absolute Gasteiger partial charge is 0.269 e. The Kier molecular flexibility index (Phi) is 4.28. The fraction of sp³-hybridized carbons (Fsp3) is 0.0385. The van der Waals surface area contributed by atoms with Crippen molar-refractivity contribution in [2.45, 2.75) is 5.92 Å². The third-order valence-corrected chi connectivity index (χ3v) is 6.29. The Labute approximate surface area is 193 Å². The monoisotopic (exact) mass is 448 g/mol. The predicted octanol–water partition coefficient (Wildman–Crippen LogP) is 4.72. The van der Waals surface area contributed by atoms with Gasteiger partial charge in [0, 0.05) is 45.9 Å². The molecule has 6 rings (SSSR count). The number of H-pyrrole nitrogens is 1. The largest absolute Gasteiger partial charge is 0.338 e. The highest BCUT2D eigenvalue weighted by molar-refractivity contribution is 6.53. The van der Waals surface area contributed by atoms with Crippen molar-refractivity contribution in [3.63, 3.8) is 0 Å². The molecular formula is C26H16N4O4. The van der Waals surface area contributed by atoms with Crippen LogP contribution in [0.2, 0.25) is 0 Å². The molecule has 2 N–H and O–H groups in total. The number of ketones is 2. The minimum atomic E-state index is -0.559. The molecule has 1 aromatic heterocycles. The second-order valence-electron chi connectivity index (χ2n) is 8.13. The van der Waals surface area contributed by atoms with Crippen molar-refractivity contribution in [2.24, 2.45) is 0 Å². The maximum Gasteiger partial charge on any atom is 0.269 e. The molecule has 0 radical (unpaired) electrons. The van der Waals surface area contributed by atoms with Gasteiger partial charge in [0.25, 0.3) is 5.69 Å². The van der Waals surface area contributed by atoms with E-state index in [0.717, 1.165) is 5.56 Å². The van der Waals surface area contributed by atoms with Gasteiger partial charge in [-0.3, -0.25) is 24.8 Å². The average molecular weight is 448 g/mol. The summed E-state index contributed by atoms with van der Waals surface area (Å²) in [6, 6.07) is 22.6. The number of anilines is 1. The van der Waals surface area contributed by atoms with E-state index < -0.39 is 22.4 Å². The first-order valence-corrected chi connectivity index (χ1v) is 10.6. The fourth-order valence-electron chi connectivity index (χ4n) is 4.75. The molecule has 8 heteroatoms. The van der Waals surface area contributed by atoms with Crippen LogP contribution < -0.4 is 5.32 Å². The molecule has 1 atom stereocenters. The number of hydrogen-bond donors (Lipinski definition) is 2. The zero-order valence-corrected chi connectivity index (χ0v) is 17.6. The van der Waals surface area contributed by atoms with Crippen LogP contribution >= 0.6 is 0 Å². The van der Waals surface area contributed by atoms with Gasteiger partial charge in [-0.15, -0.1) is 0 Å². The first-order chi connectivity index (χ1) is 16.5. The number of aromatic amines is 1. The van der Waals surface area contributed by atoms with E-state index in [0.29, 0.717) is 45.0 Å². The van der Waals surface area contributed by atoms with Crippen LogP contribution in [0.1, 0.15) is 33.0 Å². The van der Waals surface area contributed by atoms with Gasteiger partial charge < -0.3 is 5.32 Å². The highest BCUT2D eigenvalue weighted by atomic mass is 16.6. The quantitative estimate of drug-likeness (QED) is 0.266. The van der Waals surface area contributed by atoms with E-state index in [-0.39, 0.29) is 5.69 Å². The van der Waals surface area contributed by atoms with Crippen molar-refractivity contribution in [3.8, 4) is 11.3 Å². The summed E-state index contributed by atoms with van der Waals surface area (Å²) in [5, 5.41) is 21.9. The highest BCUT2D eigenvalue weighted by Crippen LogP contribution is 2.49. The van der Waals surface area contributed by atoms with Crippen LogP contribution in [0.4, 0.5) is 11.5 Å². The van der Waals surface area contributed by atoms with Crippen LogP contribution in [-0.2, 0) is 4.79 Å². The molecule has 34 heavy (non-hydrogen) atoms. The van der Waals surface area contributed by atoms with Crippen LogP contribution in [-0.4, -0.2) is 26.7 Å². The number of hydrogen-bond acceptors (Lipinski definition) is 6. The number of nitrogens with zero attached hydrogens (tertiary/aromatic N) is 2. The topological polar surface area (TPSA) is 118 Å². The van der Waals surface area contributed by atoms with Crippen LogP contribution in [0.15, 0.2) is 84.4 Å². The number of allylic oxidation sites excluding steroid dienone is 1. The molecule has 8 nitrogen and oxygen atoms in total. The number of fused-ring (bicyclic) bond motifs is 3.